The van der Waals surface area contributed by atoms with Gasteiger partial charge >= 0.3 is 0 Å². The highest BCUT2D eigenvalue weighted by atomic mass is 19.1. The third kappa shape index (κ3) is 2.31. The summed E-state index contributed by atoms with van der Waals surface area (Å²) in [5, 5.41) is 6.08. The first-order valence-electron chi connectivity index (χ1n) is 6.16. The number of nitrogens with one attached hydrogen (secondary N) is 2. The molecule has 2 aliphatic rings. The van der Waals surface area contributed by atoms with Crippen molar-refractivity contribution in [2.75, 3.05) is 13.1 Å². The zero-order valence-electron chi connectivity index (χ0n) is 9.91. The lowest BCUT2D eigenvalue weighted by Crippen LogP contribution is -2.38. The molecule has 0 spiro atoms. The summed E-state index contributed by atoms with van der Waals surface area (Å²) in [4.78, 5) is 11.0. The molecule has 0 aromatic heterocycles. The molecule has 5 heteroatoms. The molecule has 3 rings (SSSR count). The average Bonchev–Trinajstić information content (AvgIpc) is 2.92. The summed E-state index contributed by atoms with van der Waals surface area (Å²) in [6.45, 7) is 1.35. The number of fused-ring (bicyclic) bond motifs is 1. The summed E-state index contributed by atoms with van der Waals surface area (Å²) >= 11 is 0. The highest BCUT2D eigenvalue weighted by molar-refractivity contribution is 5.78. The molecule has 1 fully saturated rings. The minimum absolute atomic E-state index is 0.0255. The number of hydrogen-bond donors (Lipinski definition) is 2. The number of rotatable bonds is 3. The molecular weight excluding hydrogens is 235 g/mol. The lowest BCUT2D eigenvalue weighted by molar-refractivity contribution is -0.119. The number of amides is 1. The molecule has 96 valence electrons. The van der Waals surface area contributed by atoms with Gasteiger partial charge in [0.15, 0.2) is 0 Å². The molecule has 2 atom stereocenters. The highest BCUT2D eigenvalue weighted by Gasteiger charge is 2.26. The molecule has 1 amide bonds. The van der Waals surface area contributed by atoms with Crippen molar-refractivity contribution in [3.8, 4) is 5.75 Å². The minimum Gasteiger partial charge on any atom is -0.488 e. The van der Waals surface area contributed by atoms with Gasteiger partial charge in [-0.1, -0.05) is 0 Å². The van der Waals surface area contributed by atoms with Crippen LogP contribution in [0.3, 0.4) is 0 Å². The molecule has 1 saturated heterocycles. The van der Waals surface area contributed by atoms with E-state index in [1.807, 2.05) is 0 Å². The van der Waals surface area contributed by atoms with Gasteiger partial charge in [-0.2, -0.15) is 0 Å². The third-order valence-corrected chi connectivity index (χ3v) is 3.38. The Bertz CT molecular complexity index is 478. The lowest BCUT2D eigenvalue weighted by atomic mass is 10.1. The van der Waals surface area contributed by atoms with Gasteiger partial charge in [-0.05, 0) is 18.2 Å². The van der Waals surface area contributed by atoms with Crippen molar-refractivity contribution in [3.63, 3.8) is 0 Å². The van der Waals surface area contributed by atoms with Gasteiger partial charge in [-0.25, -0.2) is 4.39 Å². The van der Waals surface area contributed by atoms with Crippen molar-refractivity contribution in [1.82, 2.24) is 10.6 Å². The van der Waals surface area contributed by atoms with Crippen LogP contribution in [0.25, 0.3) is 0 Å². The van der Waals surface area contributed by atoms with Gasteiger partial charge in [0.25, 0.3) is 0 Å². The van der Waals surface area contributed by atoms with E-state index in [4.69, 9.17) is 4.74 Å². The molecule has 0 radical (unpaired) electrons. The molecule has 2 heterocycles. The molecule has 2 aliphatic heterocycles. The van der Waals surface area contributed by atoms with E-state index in [-0.39, 0.29) is 23.9 Å². The molecule has 1 aromatic rings. The highest BCUT2D eigenvalue weighted by Crippen LogP contribution is 2.28. The molecule has 1 aromatic carbocycles. The number of ether oxygens (including phenoxy) is 1. The molecule has 0 saturated carbocycles. The van der Waals surface area contributed by atoms with Crippen molar-refractivity contribution in [2.24, 2.45) is 0 Å². The third-order valence-electron chi connectivity index (χ3n) is 3.38. The van der Waals surface area contributed by atoms with E-state index in [9.17, 15) is 9.18 Å². The number of carbonyl (C=O) groups is 1. The van der Waals surface area contributed by atoms with Crippen LogP contribution in [0.2, 0.25) is 0 Å². The maximum absolute atomic E-state index is 13.0. The normalized spacial score (nSPS) is 25.7. The van der Waals surface area contributed by atoms with Gasteiger partial charge in [0.2, 0.25) is 5.91 Å². The first kappa shape index (κ1) is 11.5. The van der Waals surface area contributed by atoms with Gasteiger partial charge in [-0.15, -0.1) is 0 Å². The maximum atomic E-state index is 13.0. The Kier molecular flexibility index (Phi) is 2.91. The van der Waals surface area contributed by atoms with E-state index < -0.39 is 0 Å². The first-order chi connectivity index (χ1) is 8.70. The van der Waals surface area contributed by atoms with E-state index in [0.717, 1.165) is 11.3 Å². The second kappa shape index (κ2) is 4.57. The Morgan fingerprint density at radius 2 is 2.33 bits per heavy atom. The quantitative estimate of drug-likeness (QED) is 0.826. The van der Waals surface area contributed by atoms with Crippen LogP contribution in [-0.4, -0.2) is 31.1 Å². The van der Waals surface area contributed by atoms with Gasteiger partial charge in [0.1, 0.15) is 17.7 Å². The second-order valence-corrected chi connectivity index (χ2v) is 4.81. The smallest absolute Gasteiger partial charge is 0.221 e. The van der Waals surface area contributed by atoms with Crippen LogP contribution in [0, 0.1) is 5.82 Å². The zero-order chi connectivity index (χ0) is 12.5. The summed E-state index contributed by atoms with van der Waals surface area (Å²) in [6, 6.07) is 4.79. The average molecular weight is 250 g/mol. The van der Waals surface area contributed by atoms with Gasteiger partial charge in [-0.3, -0.25) is 4.79 Å². The van der Waals surface area contributed by atoms with Crippen LogP contribution in [0.1, 0.15) is 12.0 Å². The van der Waals surface area contributed by atoms with E-state index in [1.54, 1.807) is 6.07 Å². The van der Waals surface area contributed by atoms with Crippen molar-refractivity contribution in [3.05, 3.63) is 29.6 Å². The molecule has 0 bridgehead atoms. The fraction of sp³-hybridized carbons (Fsp3) is 0.462. The molecule has 2 unspecified atom stereocenters. The number of hydrogen-bond acceptors (Lipinski definition) is 3. The van der Waals surface area contributed by atoms with E-state index in [1.165, 1.54) is 12.1 Å². The first-order valence-corrected chi connectivity index (χ1v) is 6.16. The van der Waals surface area contributed by atoms with Crippen molar-refractivity contribution in [2.45, 2.75) is 25.0 Å². The van der Waals surface area contributed by atoms with Crippen LogP contribution in [0.15, 0.2) is 18.2 Å². The van der Waals surface area contributed by atoms with E-state index in [2.05, 4.69) is 10.6 Å². The van der Waals surface area contributed by atoms with Crippen LogP contribution >= 0.6 is 0 Å². The Hall–Kier alpha value is -1.62. The summed E-state index contributed by atoms with van der Waals surface area (Å²) in [5.74, 6) is 0.630. The van der Waals surface area contributed by atoms with E-state index >= 15 is 0 Å². The van der Waals surface area contributed by atoms with Gasteiger partial charge in [0.05, 0.1) is 0 Å². The SMILES string of the molecule is O=C1CC(NCC2Cc3cc(F)ccc3O2)CN1. The van der Waals surface area contributed by atoms with Crippen LogP contribution in [0.4, 0.5) is 4.39 Å². The summed E-state index contributed by atoms with van der Waals surface area (Å²) < 4.78 is 18.8. The predicted octanol–water partition coefficient (Wildman–Crippen LogP) is 0.607. The number of benzene rings is 1. The second-order valence-electron chi connectivity index (χ2n) is 4.81. The van der Waals surface area contributed by atoms with Gasteiger partial charge < -0.3 is 15.4 Å². The standard InChI is InChI=1S/C13H15FN2O2/c14-9-1-2-12-8(3-9)4-11(18-12)7-15-10-5-13(17)16-6-10/h1-3,10-11,15H,4-7H2,(H,16,17). The lowest BCUT2D eigenvalue weighted by Gasteiger charge is -2.15. The largest absolute Gasteiger partial charge is 0.488 e. The molecule has 18 heavy (non-hydrogen) atoms. The van der Waals surface area contributed by atoms with Crippen LogP contribution < -0.4 is 15.4 Å². The molecule has 4 nitrogen and oxygen atoms in total. The Labute approximate surface area is 105 Å². The predicted molar refractivity (Wildman–Crippen MR) is 63.9 cm³/mol. The van der Waals surface area contributed by atoms with Crippen molar-refractivity contribution < 1.29 is 13.9 Å². The summed E-state index contributed by atoms with van der Waals surface area (Å²) in [7, 11) is 0. The van der Waals surface area contributed by atoms with E-state index in [0.29, 0.717) is 25.9 Å². The van der Waals surface area contributed by atoms with Crippen molar-refractivity contribution >= 4 is 5.91 Å². The minimum atomic E-state index is -0.225. The van der Waals surface area contributed by atoms with Crippen LogP contribution in [0.5, 0.6) is 5.75 Å². The topological polar surface area (TPSA) is 50.4 Å². The monoisotopic (exact) mass is 250 g/mol. The molecule has 0 aliphatic carbocycles. The van der Waals surface area contributed by atoms with Crippen LogP contribution in [-0.2, 0) is 11.2 Å². The summed E-state index contributed by atoms with van der Waals surface area (Å²) in [6.07, 6.45) is 1.26. The number of halogens is 1. The molecular formula is C13H15FN2O2. The van der Waals surface area contributed by atoms with Gasteiger partial charge in [0, 0.05) is 37.5 Å². The fourth-order valence-corrected chi connectivity index (χ4v) is 2.45. The number of carbonyl (C=O) groups excluding carboxylic acids is 1. The Balaban J connectivity index is 1.53. The molecule has 2 N–H and O–H groups in total. The summed E-state index contributed by atoms with van der Waals surface area (Å²) in [5.41, 5.74) is 0.919. The van der Waals surface area contributed by atoms with Crippen molar-refractivity contribution in [1.29, 1.82) is 0 Å². The maximum Gasteiger partial charge on any atom is 0.221 e. The fourth-order valence-electron chi connectivity index (χ4n) is 2.45. The zero-order valence-corrected chi connectivity index (χ0v) is 9.91. The Morgan fingerprint density at radius 3 is 3.11 bits per heavy atom. The Morgan fingerprint density at radius 1 is 1.44 bits per heavy atom.